The number of Topliss-reactive ketones (excluding diaryl/α,β-unsaturated/α-hetero) is 1. The summed E-state index contributed by atoms with van der Waals surface area (Å²) in [6, 6.07) is 0. The van der Waals surface area contributed by atoms with E-state index in [2.05, 4.69) is 0 Å². The van der Waals surface area contributed by atoms with E-state index in [4.69, 9.17) is 10.5 Å². The number of aliphatic hydroxyl groups is 1. The van der Waals surface area contributed by atoms with E-state index < -0.39 is 17.1 Å². The fourth-order valence-corrected chi connectivity index (χ4v) is 1.39. The maximum absolute atomic E-state index is 12.1. The summed E-state index contributed by atoms with van der Waals surface area (Å²) in [5.74, 6) is -0.809. The molecule has 0 rings (SSSR count). The molecule has 0 unspecified atom stereocenters. The Bertz CT molecular complexity index is 266. The highest BCUT2D eigenvalue weighted by atomic mass is 16.5. The highest BCUT2D eigenvalue weighted by Crippen LogP contribution is 2.23. The van der Waals surface area contributed by atoms with Gasteiger partial charge in [-0.05, 0) is 48.5 Å². The van der Waals surface area contributed by atoms with E-state index in [-0.39, 0.29) is 18.0 Å². The molecular weight excluding hydrogens is 218 g/mol. The van der Waals surface area contributed by atoms with Crippen LogP contribution in [0.4, 0.5) is 0 Å². The Morgan fingerprint density at radius 3 is 1.82 bits per heavy atom. The summed E-state index contributed by atoms with van der Waals surface area (Å²) in [7, 11) is 0. The van der Waals surface area contributed by atoms with Gasteiger partial charge in [0, 0.05) is 5.54 Å². The van der Waals surface area contributed by atoms with Gasteiger partial charge in [-0.15, -0.1) is 0 Å². The van der Waals surface area contributed by atoms with Crippen molar-refractivity contribution in [3.05, 3.63) is 0 Å². The summed E-state index contributed by atoms with van der Waals surface area (Å²) in [6.45, 7) is 12.5. The Labute approximate surface area is 105 Å². The van der Waals surface area contributed by atoms with Crippen LogP contribution >= 0.6 is 0 Å². The highest BCUT2D eigenvalue weighted by molar-refractivity contribution is 5.89. The van der Waals surface area contributed by atoms with Crippen LogP contribution in [0.15, 0.2) is 0 Å². The summed E-state index contributed by atoms with van der Waals surface area (Å²) >= 11 is 0. The monoisotopic (exact) mass is 245 g/mol. The molecule has 3 N–H and O–H groups in total. The van der Waals surface area contributed by atoms with Crippen molar-refractivity contribution in [1.82, 2.24) is 0 Å². The van der Waals surface area contributed by atoms with E-state index in [0.717, 1.165) is 0 Å². The minimum absolute atomic E-state index is 0.218. The Balaban J connectivity index is 4.87. The molecule has 0 fully saturated rings. The van der Waals surface area contributed by atoms with Gasteiger partial charge in [0.25, 0.3) is 0 Å². The molecule has 0 spiro atoms. The van der Waals surface area contributed by atoms with E-state index >= 15 is 0 Å². The van der Waals surface area contributed by atoms with Crippen LogP contribution in [0.2, 0.25) is 0 Å². The lowest BCUT2D eigenvalue weighted by Crippen LogP contribution is -2.53. The molecule has 0 aliphatic heterocycles. The summed E-state index contributed by atoms with van der Waals surface area (Å²) in [6.07, 6.45) is 0. The molecule has 4 nitrogen and oxygen atoms in total. The molecule has 0 bridgehead atoms. The predicted octanol–water partition coefficient (Wildman–Crippen LogP) is 1.49. The first-order valence-electron chi connectivity index (χ1n) is 5.94. The molecule has 0 saturated heterocycles. The average Bonchev–Trinajstić information content (AvgIpc) is 1.97. The van der Waals surface area contributed by atoms with E-state index in [1.807, 2.05) is 20.8 Å². The molecule has 0 aromatic rings. The normalized spacial score (nSPS) is 15.8. The molecule has 1 atom stereocenters. The van der Waals surface area contributed by atoms with Crippen LogP contribution in [0.1, 0.15) is 48.5 Å². The number of ketones is 1. The van der Waals surface area contributed by atoms with Gasteiger partial charge in [0.15, 0.2) is 5.78 Å². The van der Waals surface area contributed by atoms with Crippen molar-refractivity contribution in [2.24, 2.45) is 11.7 Å². The number of hydrogen-bond acceptors (Lipinski definition) is 4. The third kappa shape index (κ3) is 6.15. The molecule has 0 aromatic heterocycles. The number of carbonyl (C=O) groups excluding carboxylic acids is 1. The smallest absolute Gasteiger partial charge is 0.170 e. The molecule has 4 heteroatoms. The van der Waals surface area contributed by atoms with Gasteiger partial charge in [-0.3, -0.25) is 4.79 Å². The molecule has 102 valence electrons. The first kappa shape index (κ1) is 16.6. The molecule has 0 radical (unpaired) electrons. The van der Waals surface area contributed by atoms with E-state index in [1.54, 1.807) is 13.8 Å². The van der Waals surface area contributed by atoms with Crippen molar-refractivity contribution in [1.29, 1.82) is 0 Å². The second-order valence-electron chi connectivity index (χ2n) is 6.72. The minimum atomic E-state index is -1.39. The van der Waals surface area contributed by atoms with Crippen molar-refractivity contribution in [3.8, 4) is 0 Å². The zero-order valence-electron chi connectivity index (χ0n) is 12.1. The van der Waals surface area contributed by atoms with Gasteiger partial charge in [-0.2, -0.15) is 0 Å². The largest absolute Gasteiger partial charge is 0.383 e. The quantitative estimate of drug-likeness (QED) is 0.770. The minimum Gasteiger partial charge on any atom is -0.383 e. The highest BCUT2D eigenvalue weighted by Gasteiger charge is 2.39. The van der Waals surface area contributed by atoms with Crippen LogP contribution in [0, 0.1) is 5.92 Å². The van der Waals surface area contributed by atoms with Gasteiger partial charge in [-0.1, -0.05) is 0 Å². The fraction of sp³-hybridized carbons (Fsp3) is 0.923. The van der Waals surface area contributed by atoms with Crippen LogP contribution in [0.5, 0.6) is 0 Å². The molecule has 0 heterocycles. The lowest BCUT2D eigenvalue weighted by molar-refractivity contribution is -0.145. The topological polar surface area (TPSA) is 72.5 Å². The zero-order valence-corrected chi connectivity index (χ0v) is 12.1. The molecule has 17 heavy (non-hydrogen) atoms. The van der Waals surface area contributed by atoms with Gasteiger partial charge < -0.3 is 15.6 Å². The van der Waals surface area contributed by atoms with Crippen molar-refractivity contribution in [2.75, 3.05) is 6.61 Å². The fourth-order valence-electron chi connectivity index (χ4n) is 1.39. The molecule has 0 aromatic carbocycles. The van der Waals surface area contributed by atoms with E-state index in [0.29, 0.717) is 0 Å². The lowest BCUT2D eigenvalue weighted by atomic mass is 9.80. The third-order valence-electron chi connectivity index (χ3n) is 2.50. The van der Waals surface area contributed by atoms with Gasteiger partial charge in [0.1, 0.15) is 5.60 Å². The molecule has 0 saturated carbocycles. The van der Waals surface area contributed by atoms with Crippen LogP contribution in [0.25, 0.3) is 0 Å². The summed E-state index contributed by atoms with van der Waals surface area (Å²) in [4.78, 5) is 12.1. The van der Waals surface area contributed by atoms with Crippen LogP contribution in [0.3, 0.4) is 0 Å². The van der Waals surface area contributed by atoms with Crippen LogP contribution in [-0.4, -0.2) is 34.2 Å². The van der Waals surface area contributed by atoms with Gasteiger partial charge in [0.05, 0.1) is 18.1 Å². The van der Waals surface area contributed by atoms with E-state index in [1.165, 1.54) is 13.8 Å². The Morgan fingerprint density at radius 1 is 1.18 bits per heavy atom. The predicted molar refractivity (Wildman–Crippen MR) is 68.8 cm³/mol. The maximum Gasteiger partial charge on any atom is 0.170 e. The van der Waals surface area contributed by atoms with Gasteiger partial charge in [-0.25, -0.2) is 0 Å². The van der Waals surface area contributed by atoms with Gasteiger partial charge in [0.2, 0.25) is 0 Å². The SMILES string of the molecule is CC(C)(C)OC[C@@H](C(=O)C(C)(C)O)C(C)(C)N. The lowest BCUT2D eigenvalue weighted by Gasteiger charge is -2.35. The van der Waals surface area contributed by atoms with Crippen molar-refractivity contribution < 1.29 is 14.6 Å². The molecule has 0 aliphatic rings. The Morgan fingerprint density at radius 2 is 1.59 bits per heavy atom. The standard InChI is InChI=1S/C13H27NO3/c1-11(2,3)17-8-9(12(4,5)14)10(15)13(6,7)16/h9,16H,8,14H2,1-7H3/t9-/m0/s1. The Kier molecular flexibility index (Phi) is 4.91. The summed E-state index contributed by atoms with van der Waals surface area (Å²) in [5.41, 5.74) is 3.56. The van der Waals surface area contributed by atoms with Crippen molar-refractivity contribution >= 4 is 5.78 Å². The Hall–Kier alpha value is -0.450. The molecule has 0 amide bonds. The van der Waals surface area contributed by atoms with Crippen LogP contribution in [-0.2, 0) is 9.53 Å². The average molecular weight is 245 g/mol. The van der Waals surface area contributed by atoms with Crippen molar-refractivity contribution in [2.45, 2.75) is 65.2 Å². The number of rotatable bonds is 5. The molecular formula is C13H27NO3. The number of carbonyl (C=O) groups is 1. The van der Waals surface area contributed by atoms with Crippen LogP contribution < -0.4 is 5.73 Å². The van der Waals surface area contributed by atoms with Crippen molar-refractivity contribution in [3.63, 3.8) is 0 Å². The summed E-state index contributed by atoms with van der Waals surface area (Å²) < 4.78 is 5.62. The second kappa shape index (κ2) is 5.04. The van der Waals surface area contributed by atoms with E-state index in [9.17, 15) is 9.90 Å². The first-order chi connectivity index (χ1) is 7.25. The molecule has 0 aliphatic carbocycles. The zero-order chi connectivity index (χ0) is 14.1. The number of hydrogen-bond donors (Lipinski definition) is 2. The summed E-state index contributed by atoms with van der Waals surface area (Å²) in [5, 5.41) is 9.79. The maximum atomic E-state index is 12.1. The first-order valence-corrected chi connectivity index (χ1v) is 5.94. The third-order valence-corrected chi connectivity index (χ3v) is 2.50. The second-order valence-corrected chi connectivity index (χ2v) is 6.72. The number of nitrogens with two attached hydrogens (primary N) is 1. The number of ether oxygens (including phenoxy) is 1. The van der Waals surface area contributed by atoms with Gasteiger partial charge >= 0.3 is 0 Å².